The van der Waals surface area contributed by atoms with Crippen molar-refractivity contribution in [3.05, 3.63) is 90.2 Å². The zero-order chi connectivity index (χ0) is 21.8. The molecule has 2 aromatic heterocycles. The smallest absolute Gasteiger partial charge is 0.228 e. The number of nitrogens with one attached hydrogen (secondary N) is 1. The van der Waals surface area contributed by atoms with Gasteiger partial charge in [-0.25, -0.2) is 14.4 Å². The summed E-state index contributed by atoms with van der Waals surface area (Å²) in [5.74, 6) is 0.199. The summed E-state index contributed by atoms with van der Waals surface area (Å²) in [6, 6.07) is 12.9. The predicted molar refractivity (Wildman–Crippen MR) is 112 cm³/mol. The van der Waals surface area contributed by atoms with Crippen LogP contribution >= 0.6 is 0 Å². The Hall–Kier alpha value is -4.07. The van der Waals surface area contributed by atoms with Gasteiger partial charge in [-0.1, -0.05) is 12.1 Å². The van der Waals surface area contributed by atoms with Crippen molar-refractivity contribution in [1.29, 1.82) is 0 Å². The Balaban J connectivity index is 1.33. The molecule has 0 fully saturated rings. The molecule has 1 N–H and O–H groups in total. The van der Waals surface area contributed by atoms with E-state index < -0.39 is 5.82 Å². The van der Waals surface area contributed by atoms with Crippen LogP contribution in [0.3, 0.4) is 0 Å². The van der Waals surface area contributed by atoms with Crippen molar-refractivity contribution >= 4 is 17.4 Å². The van der Waals surface area contributed by atoms with E-state index in [1.165, 1.54) is 12.3 Å². The number of anilines is 1. The predicted octanol–water partition coefficient (Wildman–Crippen LogP) is 4.02. The van der Waals surface area contributed by atoms with Crippen molar-refractivity contribution in [3.8, 4) is 11.3 Å². The summed E-state index contributed by atoms with van der Waals surface area (Å²) >= 11 is 0. The highest BCUT2D eigenvalue weighted by molar-refractivity contribution is 6.07. The average molecular weight is 418 g/mol. The summed E-state index contributed by atoms with van der Waals surface area (Å²) in [5.41, 5.74) is 1.37. The summed E-state index contributed by atoms with van der Waals surface area (Å²) in [6.07, 6.45) is 5.13. The lowest BCUT2D eigenvalue weighted by Crippen LogP contribution is -2.13. The number of carbonyl (C=O) groups is 2. The van der Waals surface area contributed by atoms with E-state index in [9.17, 15) is 14.0 Å². The second-order valence-electron chi connectivity index (χ2n) is 6.91. The standard InChI is InChI=1S/C23H19FN4O3/c1-28-13-12-25-23(28)22(30)15-6-8-16(9-7-15)27-20(29)10-11-21-26-14-19(31-21)17-4-2-3-5-18(17)24/h2-9,12-14H,10-11H2,1H3,(H,27,29). The number of imidazole rings is 1. The van der Waals surface area contributed by atoms with E-state index in [4.69, 9.17) is 4.42 Å². The average Bonchev–Trinajstić information content (AvgIpc) is 3.42. The van der Waals surface area contributed by atoms with Gasteiger partial charge < -0.3 is 14.3 Å². The summed E-state index contributed by atoms with van der Waals surface area (Å²) in [5, 5.41) is 2.77. The molecule has 2 aromatic carbocycles. The highest BCUT2D eigenvalue weighted by Crippen LogP contribution is 2.23. The van der Waals surface area contributed by atoms with Crippen LogP contribution in [0.1, 0.15) is 28.5 Å². The molecule has 7 nitrogen and oxygen atoms in total. The van der Waals surface area contributed by atoms with Crippen LogP contribution in [0.5, 0.6) is 0 Å². The Labute approximate surface area is 177 Å². The Morgan fingerprint density at radius 3 is 2.58 bits per heavy atom. The molecule has 0 saturated heterocycles. The first kappa shape index (κ1) is 20.2. The molecule has 8 heteroatoms. The lowest BCUT2D eigenvalue weighted by Gasteiger charge is -2.06. The lowest BCUT2D eigenvalue weighted by molar-refractivity contribution is -0.116. The van der Waals surface area contributed by atoms with Crippen molar-refractivity contribution in [2.45, 2.75) is 12.8 Å². The van der Waals surface area contributed by atoms with Gasteiger partial charge in [0.05, 0.1) is 11.8 Å². The fourth-order valence-corrected chi connectivity index (χ4v) is 3.07. The third-order valence-corrected chi connectivity index (χ3v) is 4.71. The first-order valence-electron chi connectivity index (χ1n) is 9.63. The van der Waals surface area contributed by atoms with E-state index in [1.54, 1.807) is 66.5 Å². The molecule has 1 amide bonds. The van der Waals surface area contributed by atoms with Crippen LogP contribution in [0.25, 0.3) is 11.3 Å². The van der Waals surface area contributed by atoms with Gasteiger partial charge in [-0.3, -0.25) is 9.59 Å². The topological polar surface area (TPSA) is 90.0 Å². The van der Waals surface area contributed by atoms with Gasteiger partial charge in [-0.05, 0) is 36.4 Å². The Morgan fingerprint density at radius 1 is 1.10 bits per heavy atom. The molecule has 156 valence electrons. The minimum Gasteiger partial charge on any atom is -0.441 e. The van der Waals surface area contributed by atoms with Gasteiger partial charge in [0.2, 0.25) is 11.7 Å². The SMILES string of the molecule is Cn1ccnc1C(=O)c1ccc(NC(=O)CCc2ncc(-c3ccccc3F)o2)cc1. The number of halogens is 1. The maximum atomic E-state index is 13.8. The number of nitrogens with zero attached hydrogens (tertiary/aromatic N) is 3. The molecule has 0 spiro atoms. The number of aromatic nitrogens is 3. The number of hydrogen-bond donors (Lipinski definition) is 1. The quantitative estimate of drug-likeness (QED) is 0.458. The monoisotopic (exact) mass is 418 g/mol. The molecule has 4 aromatic rings. The molecule has 0 radical (unpaired) electrons. The van der Waals surface area contributed by atoms with Crippen LogP contribution in [0.2, 0.25) is 0 Å². The number of amides is 1. The highest BCUT2D eigenvalue weighted by atomic mass is 19.1. The zero-order valence-electron chi connectivity index (χ0n) is 16.7. The fraction of sp³-hybridized carbons (Fsp3) is 0.130. The number of oxazole rings is 1. The molecule has 0 atom stereocenters. The first-order valence-corrected chi connectivity index (χ1v) is 9.63. The van der Waals surface area contributed by atoms with E-state index in [0.717, 1.165) is 0 Å². The van der Waals surface area contributed by atoms with Gasteiger partial charge in [-0.15, -0.1) is 0 Å². The maximum Gasteiger partial charge on any atom is 0.228 e. The second kappa shape index (κ2) is 8.74. The zero-order valence-corrected chi connectivity index (χ0v) is 16.7. The summed E-state index contributed by atoms with van der Waals surface area (Å²) in [4.78, 5) is 32.8. The van der Waals surface area contributed by atoms with Gasteiger partial charge in [0.1, 0.15) is 5.82 Å². The van der Waals surface area contributed by atoms with Crippen LogP contribution in [-0.4, -0.2) is 26.2 Å². The third-order valence-electron chi connectivity index (χ3n) is 4.71. The number of benzene rings is 2. The molecular formula is C23H19FN4O3. The molecule has 0 aliphatic carbocycles. The van der Waals surface area contributed by atoms with Gasteiger partial charge in [0.25, 0.3) is 0 Å². The third kappa shape index (κ3) is 4.58. The van der Waals surface area contributed by atoms with Crippen molar-refractivity contribution in [2.75, 3.05) is 5.32 Å². The minimum atomic E-state index is -0.396. The van der Waals surface area contributed by atoms with Crippen molar-refractivity contribution < 1.29 is 18.4 Å². The number of rotatable bonds is 7. The first-order chi connectivity index (χ1) is 15.0. The van der Waals surface area contributed by atoms with E-state index in [2.05, 4.69) is 15.3 Å². The van der Waals surface area contributed by atoms with E-state index in [-0.39, 0.29) is 24.5 Å². The van der Waals surface area contributed by atoms with Gasteiger partial charge >= 0.3 is 0 Å². The molecule has 2 heterocycles. The van der Waals surface area contributed by atoms with Crippen molar-refractivity contribution in [1.82, 2.24) is 14.5 Å². The largest absolute Gasteiger partial charge is 0.441 e. The molecule has 0 aliphatic heterocycles. The summed E-state index contributed by atoms with van der Waals surface area (Å²) in [7, 11) is 1.75. The lowest BCUT2D eigenvalue weighted by atomic mass is 10.1. The summed E-state index contributed by atoms with van der Waals surface area (Å²) < 4.78 is 21.1. The summed E-state index contributed by atoms with van der Waals surface area (Å²) in [6.45, 7) is 0. The van der Waals surface area contributed by atoms with Gasteiger partial charge in [0.15, 0.2) is 17.5 Å². The Morgan fingerprint density at radius 2 is 1.87 bits per heavy atom. The molecule has 0 aliphatic rings. The molecule has 0 unspecified atom stereocenters. The Kier molecular flexibility index (Phi) is 5.70. The molecule has 31 heavy (non-hydrogen) atoms. The van der Waals surface area contributed by atoms with Crippen LogP contribution in [0.15, 0.2) is 71.5 Å². The van der Waals surface area contributed by atoms with E-state index in [0.29, 0.717) is 34.3 Å². The molecule has 4 rings (SSSR count). The van der Waals surface area contributed by atoms with Gasteiger partial charge in [0, 0.05) is 43.5 Å². The maximum absolute atomic E-state index is 13.8. The molecular weight excluding hydrogens is 399 g/mol. The van der Waals surface area contributed by atoms with E-state index in [1.807, 2.05) is 0 Å². The van der Waals surface area contributed by atoms with Crippen molar-refractivity contribution in [2.24, 2.45) is 7.05 Å². The van der Waals surface area contributed by atoms with Crippen molar-refractivity contribution in [3.63, 3.8) is 0 Å². The number of hydrogen-bond acceptors (Lipinski definition) is 5. The van der Waals surface area contributed by atoms with Crippen LogP contribution in [0, 0.1) is 5.82 Å². The van der Waals surface area contributed by atoms with Gasteiger partial charge in [-0.2, -0.15) is 0 Å². The minimum absolute atomic E-state index is 0.144. The second-order valence-corrected chi connectivity index (χ2v) is 6.91. The molecule has 0 saturated carbocycles. The number of ketones is 1. The normalized spacial score (nSPS) is 10.8. The van der Waals surface area contributed by atoms with Crippen LogP contribution < -0.4 is 5.32 Å². The van der Waals surface area contributed by atoms with Crippen LogP contribution in [0.4, 0.5) is 10.1 Å². The van der Waals surface area contributed by atoms with E-state index >= 15 is 0 Å². The number of carbonyl (C=O) groups excluding carboxylic acids is 2. The van der Waals surface area contributed by atoms with Crippen LogP contribution in [-0.2, 0) is 18.3 Å². The fourth-order valence-electron chi connectivity index (χ4n) is 3.07. The highest BCUT2D eigenvalue weighted by Gasteiger charge is 2.14. The number of aryl methyl sites for hydroxylation is 2. The molecule has 0 bridgehead atoms. The Bertz CT molecular complexity index is 1230.